The van der Waals surface area contributed by atoms with Crippen LogP contribution in [0.5, 0.6) is 0 Å². The second-order valence-electron chi connectivity index (χ2n) is 8.11. The Hall–Kier alpha value is -3.13. The molecule has 2 aromatic heterocycles. The average molecular weight is 424 g/mol. The van der Waals surface area contributed by atoms with E-state index in [1.807, 2.05) is 52.0 Å². The average Bonchev–Trinajstić information content (AvgIpc) is 3.23. The smallest absolute Gasteiger partial charge is 0.276 e. The van der Waals surface area contributed by atoms with Gasteiger partial charge in [-0.3, -0.25) is 14.6 Å². The molecule has 0 fully saturated rings. The van der Waals surface area contributed by atoms with Gasteiger partial charge in [0.15, 0.2) is 11.7 Å². The molecule has 1 atom stereocenters. The molecule has 3 rings (SSSR count). The van der Waals surface area contributed by atoms with Gasteiger partial charge in [0.1, 0.15) is 0 Å². The van der Waals surface area contributed by atoms with E-state index in [-0.39, 0.29) is 24.1 Å². The van der Waals surface area contributed by atoms with Crippen molar-refractivity contribution in [1.82, 2.24) is 24.8 Å². The molecule has 8 heteroatoms. The SMILES string of the molecule is Cc1ccc(CN(C(=O)c2csnn2)[C@H](C(=O)NC(C)(C)C)c2ccccn2)cc1. The molecule has 0 aliphatic rings. The number of aromatic nitrogens is 3. The Labute approximate surface area is 180 Å². The zero-order valence-electron chi connectivity index (χ0n) is 17.5. The van der Waals surface area contributed by atoms with Gasteiger partial charge in [0.25, 0.3) is 5.91 Å². The first-order chi connectivity index (χ1) is 14.2. The monoisotopic (exact) mass is 423 g/mol. The predicted molar refractivity (Wildman–Crippen MR) is 116 cm³/mol. The van der Waals surface area contributed by atoms with Crippen molar-refractivity contribution >= 4 is 23.3 Å². The molecule has 0 bridgehead atoms. The first kappa shape index (κ1) is 21.6. The van der Waals surface area contributed by atoms with E-state index in [0.717, 1.165) is 22.7 Å². The fourth-order valence-corrected chi connectivity index (χ4v) is 3.42. The van der Waals surface area contributed by atoms with Crippen LogP contribution in [0.2, 0.25) is 0 Å². The van der Waals surface area contributed by atoms with Crippen molar-refractivity contribution in [2.24, 2.45) is 0 Å². The van der Waals surface area contributed by atoms with Crippen LogP contribution in [0.15, 0.2) is 54.0 Å². The van der Waals surface area contributed by atoms with Crippen molar-refractivity contribution < 1.29 is 9.59 Å². The van der Waals surface area contributed by atoms with Crippen LogP contribution in [-0.4, -0.2) is 36.8 Å². The van der Waals surface area contributed by atoms with E-state index < -0.39 is 11.6 Å². The van der Waals surface area contributed by atoms with Gasteiger partial charge in [-0.2, -0.15) is 0 Å². The van der Waals surface area contributed by atoms with Gasteiger partial charge in [0.2, 0.25) is 5.91 Å². The summed E-state index contributed by atoms with van der Waals surface area (Å²) in [5.41, 5.74) is 2.25. The largest absolute Gasteiger partial charge is 0.349 e. The fourth-order valence-electron chi connectivity index (χ4n) is 2.99. The molecule has 1 aromatic carbocycles. The summed E-state index contributed by atoms with van der Waals surface area (Å²) in [4.78, 5) is 32.6. The second-order valence-corrected chi connectivity index (χ2v) is 8.72. The Kier molecular flexibility index (Phi) is 6.56. The molecule has 156 valence electrons. The Bertz CT molecular complexity index is 983. The Balaban J connectivity index is 2.06. The van der Waals surface area contributed by atoms with Gasteiger partial charge < -0.3 is 10.2 Å². The lowest BCUT2D eigenvalue weighted by Gasteiger charge is -2.32. The highest BCUT2D eigenvalue weighted by Gasteiger charge is 2.35. The molecule has 0 aliphatic carbocycles. The molecule has 0 spiro atoms. The number of hydrogen-bond donors (Lipinski definition) is 1. The lowest BCUT2D eigenvalue weighted by molar-refractivity contribution is -0.127. The number of aryl methyl sites for hydroxylation is 1. The van der Waals surface area contributed by atoms with Crippen molar-refractivity contribution in [3.05, 3.63) is 76.6 Å². The van der Waals surface area contributed by atoms with Gasteiger partial charge in [-0.15, -0.1) is 5.10 Å². The van der Waals surface area contributed by atoms with Gasteiger partial charge in [-0.1, -0.05) is 40.4 Å². The highest BCUT2D eigenvalue weighted by Crippen LogP contribution is 2.25. The first-order valence-electron chi connectivity index (χ1n) is 9.61. The highest BCUT2D eigenvalue weighted by atomic mass is 32.1. The molecule has 2 amide bonds. The van der Waals surface area contributed by atoms with Crippen molar-refractivity contribution in [3.63, 3.8) is 0 Å². The second kappa shape index (κ2) is 9.13. The Morgan fingerprint density at radius 1 is 1.13 bits per heavy atom. The maximum Gasteiger partial charge on any atom is 0.276 e. The summed E-state index contributed by atoms with van der Waals surface area (Å²) in [6.45, 7) is 7.93. The van der Waals surface area contributed by atoms with Crippen molar-refractivity contribution in [1.29, 1.82) is 0 Å². The molecule has 30 heavy (non-hydrogen) atoms. The van der Waals surface area contributed by atoms with Crippen LogP contribution in [0.4, 0.5) is 0 Å². The van der Waals surface area contributed by atoms with E-state index in [2.05, 4.69) is 19.9 Å². The summed E-state index contributed by atoms with van der Waals surface area (Å²) in [6, 6.07) is 12.3. The standard InChI is InChI=1S/C22H25N5O2S/c1-15-8-10-16(11-9-15)13-27(21(29)18-14-30-26-25-18)19(17-7-5-6-12-23-17)20(28)24-22(2,3)4/h5-12,14,19H,13H2,1-4H3,(H,24,28)/t19-/m0/s1. The number of nitrogens with zero attached hydrogens (tertiary/aromatic N) is 4. The van der Waals surface area contributed by atoms with Crippen molar-refractivity contribution in [2.45, 2.75) is 45.8 Å². The summed E-state index contributed by atoms with van der Waals surface area (Å²) in [7, 11) is 0. The van der Waals surface area contributed by atoms with Crippen molar-refractivity contribution in [3.8, 4) is 0 Å². The molecule has 0 unspecified atom stereocenters. The van der Waals surface area contributed by atoms with Gasteiger partial charge >= 0.3 is 0 Å². The summed E-state index contributed by atoms with van der Waals surface area (Å²) in [5, 5.41) is 8.50. The van der Waals surface area contributed by atoms with E-state index in [9.17, 15) is 9.59 Å². The molecule has 0 radical (unpaired) electrons. The van der Waals surface area contributed by atoms with Gasteiger partial charge in [0, 0.05) is 23.7 Å². The van der Waals surface area contributed by atoms with Crippen LogP contribution >= 0.6 is 11.5 Å². The molecular weight excluding hydrogens is 398 g/mol. The number of rotatable bonds is 6. The summed E-state index contributed by atoms with van der Waals surface area (Å²) >= 11 is 1.09. The lowest BCUT2D eigenvalue weighted by Crippen LogP contribution is -2.49. The minimum absolute atomic E-state index is 0.205. The molecular formula is C22H25N5O2S. The van der Waals surface area contributed by atoms with E-state index in [1.165, 1.54) is 4.90 Å². The third-order valence-corrected chi connectivity index (χ3v) is 4.84. The third-order valence-electron chi connectivity index (χ3n) is 4.34. The van der Waals surface area contributed by atoms with Crippen LogP contribution in [0.1, 0.15) is 54.1 Å². The molecule has 3 aromatic rings. The number of carbonyl (C=O) groups is 2. The van der Waals surface area contributed by atoms with E-state index >= 15 is 0 Å². The van der Waals surface area contributed by atoms with Crippen LogP contribution in [0, 0.1) is 6.92 Å². The number of carbonyl (C=O) groups excluding carboxylic acids is 2. The number of nitrogens with one attached hydrogen (secondary N) is 1. The summed E-state index contributed by atoms with van der Waals surface area (Å²) in [6.07, 6.45) is 1.62. The Morgan fingerprint density at radius 2 is 1.87 bits per heavy atom. The minimum atomic E-state index is -0.916. The zero-order valence-corrected chi connectivity index (χ0v) is 18.3. The van der Waals surface area contributed by atoms with Crippen LogP contribution in [0.25, 0.3) is 0 Å². The lowest BCUT2D eigenvalue weighted by atomic mass is 10.0. The van der Waals surface area contributed by atoms with Crippen LogP contribution in [-0.2, 0) is 11.3 Å². The summed E-state index contributed by atoms with van der Waals surface area (Å²) in [5.74, 6) is -0.672. The molecule has 0 saturated heterocycles. The number of pyridine rings is 1. The van der Waals surface area contributed by atoms with Gasteiger partial charge in [-0.05, 0) is 56.9 Å². The molecule has 7 nitrogen and oxygen atoms in total. The van der Waals surface area contributed by atoms with Crippen LogP contribution in [0.3, 0.4) is 0 Å². The first-order valence-corrected chi connectivity index (χ1v) is 10.4. The van der Waals surface area contributed by atoms with E-state index in [4.69, 9.17) is 0 Å². The quantitative estimate of drug-likeness (QED) is 0.655. The number of amides is 2. The molecule has 0 saturated carbocycles. The zero-order chi connectivity index (χ0) is 21.7. The van der Waals surface area contributed by atoms with Crippen molar-refractivity contribution in [2.75, 3.05) is 0 Å². The maximum atomic E-state index is 13.4. The maximum absolute atomic E-state index is 13.4. The fraction of sp³-hybridized carbons (Fsp3) is 0.318. The number of hydrogen-bond acceptors (Lipinski definition) is 6. The predicted octanol–water partition coefficient (Wildman–Crippen LogP) is 3.54. The Morgan fingerprint density at radius 3 is 2.43 bits per heavy atom. The minimum Gasteiger partial charge on any atom is -0.349 e. The normalized spacial score (nSPS) is 12.3. The highest BCUT2D eigenvalue weighted by molar-refractivity contribution is 7.03. The topological polar surface area (TPSA) is 88.1 Å². The molecule has 1 N–H and O–H groups in total. The third kappa shape index (κ3) is 5.48. The summed E-state index contributed by atoms with van der Waals surface area (Å²) < 4.78 is 3.81. The van der Waals surface area contributed by atoms with E-state index in [0.29, 0.717) is 5.69 Å². The van der Waals surface area contributed by atoms with E-state index in [1.54, 1.807) is 29.8 Å². The molecule has 2 heterocycles. The van der Waals surface area contributed by atoms with Gasteiger partial charge in [-0.25, -0.2) is 0 Å². The number of benzene rings is 1. The van der Waals surface area contributed by atoms with Gasteiger partial charge in [0.05, 0.1) is 5.69 Å². The van der Waals surface area contributed by atoms with Crippen LogP contribution < -0.4 is 5.32 Å². The molecule has 0 aliphatic heterocycles.